The lowest BCUT2D eigenvalue weighted by Gasteiger charge is -2.10. The molecule has 0 bridgehead atoms. The summed E-state index contributed by atoms with van der Waals surface area (Å²) in [6.07, 6.45) is 2.03. The number of halogens is 1. The van der Waals surface area contributed by atoms with E-state index in [4.69, 9.17) is 5.73 Å². The summed E-state index contributed by atoms with van der Waals surface area (Å²) in [5.74, 6) is -0.858. The normalized spacial score (nSPS) is 12.4. The molecule has 0 radical (unpaired) electrons. The standard InChI is InChI=1S/C12H17FN2OS/c1-8(17-2)6-15-7-10-5-9(12(14)16)3-4-11(10)13/h3-5,8,15H,6-7H2,1-2H3,(H2,14,16). The number of hydrogen-bond donors (Lipinski definition) is 2. The van der Waals surface area contributed by atoms with Crippen LogP contribution < -0.4 is 11.1 Å². The highest BCUT2D eigenvalue weighted by Crippen LogP contribution is 2.11. The van der Waals surface area contributed by atoms with E-state index in [2.05, 4.69) is 12.2 Å². The summed E-state index contributed by atoms with van der Waals surface area (Å²) in [4.78, 5) is 11.0. The Labute approximate surface area is 105 Å². The Morgan fingerprint density at radius 3 is 2.88 bits per heavy atom. The molecule has 0 saturated carbocycles. The third kappa shape index (κ3) is 4.36. The van der Waals surface area contributed by atoms with Crippen LogP contribution in [0.25, 0.3) is 0 Å². The molecule has 1 rings (SSSR count). The van der Waals surface area contributed by atoms with Crippen LogP contribution in [0.1, 0.15) is 22.8 Å². The van der Waals surface area contributed by atoms with Gasteiger partial charge in [-0.2, -0.15) is 11.8 Å². The van der Waals surface area contributed by atoms with Crippen LogP contribution in [-0.2, 0) is 6.54 Å². The van der Waals surface area contributed by atoms with Gasteiger partial charge in [-0.15, -0.1) is 0 Å². The molecule has 0 spiro atoms. The van der Waals surface area contributed by atoms with Gasteiger partial charge in [0, 0.05) is 29.5 Å². The molecule has 94 valence electrons. The van der Waals surface area contributed by atoms with Crippen molar-refractivity contribution in [1.82, 2.24) is 5.32 Å². The van der Waals surface area contributed by atoms with E-state index in [9.17, 15) is 9.18 Å². The van der Waals surface area contributed by atoms with Gasteiger partial charge in [0.1, 0.15) is 5.82 Å². The fraction of sp³-hybridized carbons (Fsp3) is 0.417. The Morgan fingerprint density at radius 1 is 1.59 bits per heavy atom. The van der Waals surface area contributed by atoms with Crippen LogP contribution in [0, 0.1) is 5.82 Å². The van der Waals surface area contributed by atoms with Gasteiger partial charge in [-0.1, -0.05) is 6.92 Å². The number of hydrogen-bond acceptors (Lipinski definition) is 3. The second kappa shape index (κ2) is 6.61. The van der Waals surface area contributed by atoms with E-state index in [1.54, 1.807) is 11.8 Å². The van der Waals surface area contributed by atoms with Crippen molar-refractivity contribution < 1.29 is 9.18 Å². The maximum Gasteiger partial charge on any atom is 0.248 e. The summed E-state index contributed by atoms with van der Waals surface area (Å²) in [7, 11) is 0. The molecule has 1 atom stereocenters. The van der Waals surface area contributed by atoms with Crippen molar-refractivity contribution in [3.63, 3.8) is 0 Å². The zero-order valence-electron chi connectivity index (χ0n) is 10.00. The molecule has 1 aromatic rings. The Balaban J connectivity index is 2.63. The third-order valence-electron chi connectivity index (χ3n) is 2.48. The summed E-state index contributed by atoms with van der Waals surface area (Å²) in [6, 6.07) is 4.16. The molecule has 5 heteroatoms. The average molecular weight is 256 g/mol. The van der Waals surface area contributed by atoms with Crippen LogP contribution in [0.4, 0.5) is 4.39 Å². The van der Waals surface area contributed by atoms with E-state index in [1.165, 1.54) is 18.2 Å². The number of nitrogens with one attached hydrogen (secondary N) is 1. The number of carbonyl (C=O) groups excluding carboxylic acids is 1. The summed E-state index contributed by atoms with van der Waals surface area (Å²) in [6.45, 7) is 3.28. The molecule has 0 aliphatic carbocycles. The van der Waals surface area contributed by atoms with Crippen LogP contribution in [0.15, 0.2) is 18.2 Å². The lowest BCUT2D eigenvalue weighted by atomic mass is 10.1. The van der Waals surface area contributed by atoms with Crippen molar-refractivity contribution in [2.45, 2.75) is 18.7 Å². The van der Waals surface area contributed by atoms with E-state index < -0.39 is 5.91 Å². The second-order valence-electron chi connectivity index (χ2n) is 3.85. The molecule has 1 amide bonds. The summed E-state index contributed by atoms with van der Waals surface area (Å²) in [5, 5.41) is 3.62. The lowest BCUT2D eigenvalue weighted by molar-refractivity contribution is 0.1000. The van der Waals surface area contributed by atoms with E-state index in [0.29, 0.717) is 22.9 Å². The first-order chi connectivity index (χ1) is 8.04. The number of amides is 1. The number of nitrogens with two attached hydrogens (primary N) is 1. The number of benzene rings is 1. The van der Waals surface area contributed by atoms with E-state index in [-0.39, 0.29) is 5.82 Å². The number of rotatable bonds is 6. The molecule has 1 aromatic carbocycles. The maximum atomic E-state index is 13.4. The molecule has 0 aromatic heterocycles. The molecule has 3 N–H and O–H groups in total. The van der Waals surface area contributed by atoms with Crippen molar-refractivity contribution >= 4 is 17.7 Å². The van der Waals surface area contributed by atoms with Gasteiger partial charge in [-0.05, 0) is 24.5 Å². The first-order valence-corrected chi connectivity index (χ1v) is 6.65. The molecule has 0 aliphatic rings. The van der Waals surface area contributed by atoms with E-state index in [1.807, 2.05) is 6.26 Å². The lowest BCUT2D eigenvalue weighted by Crippen LogP contribution is -2.23. The van der Waals surface area contributed by atoms with Crippen molar-refractivity contribution in [3.05, 3.63) is 35.1 Å². The topological polar surface area (TPSA) is 55.1 Å². The fourth-order valence-electron chi connectivity index (χ4n) is 1.36. The Morgan fingerprint density at radius 2 is 2.29 bits per heavy atom. The van der Waals surface area contributed by atoms with Crippen LogP contribution in [0.5, 0.6) is 0 Å². The predicted octanol–water partition coefficient (Wildman–Crippen LogP) is 1.77. The van der Waals surface area contributed by atoms with Crippen molar-refractivity contribution in [2.24, 2.45) is 5.73 Å². The van der Waals surface area contributed by atoms with Crippen molar-refractivity contribution in [3.8, 4) is 0 Å². The predicted molar refractivity (Wildman–Crippen MR) is 69.6 cm³/mol. The zero-order valence-corrected chi connectivity index (χ0v) is 10.8. The Kier molecular flexibility index (Phi) is 5.44. The molecule has 1 unspecified atom stereocenters. The number of primary amides is 1. The fourth-order valence-corrected chi connectivity index (χ4v) is 1.64. The van der Waals surface area contributed by atoms with Gasteiger partial charge in [0.2, 0.25) is 5.91 Å². The number of thioether (sulfide) groups is 1. The Hall–Kier alpha value is -1.07. The molecule has 3 nitrogen and oxygen atoms in total. The van der Waals surface area contributed by atoms with Gasteiger partial charge in [-0.25, -0.2) is 4.39 Å². The smallest absolute Gasteiger partial charge is 0.248 e. The van der Waals surface area contributed by atoms with Gasteiger partial charge in [-0.3, -0.25) is 4.79 Å². The maximum absolute atomic E-state index is 13.4. The first-order valence-electron chi connectivity index (χ1n) is 5.36. The summed E-state index contributed by atoms with van der Waals surface area (Å²) < 4.78 is 13.4. The minimum atomic E-state index is -0.538. The molecular weight excluding hydrogens is 239 g/mol. The minimum Gasteiger partial charge on any atom is -0.366 e. The quantitative estimate of drug-likeness (QED) is 0.815. The molecule has 17 heavy (non-hydrogen) atoms. The monoisotopic (exact) mass is 256 g/mol. The molecular formula is C12H17FN2OS. The van der Waals surface area contributed by atoms with Crippen molar-refractivity contribution in [1.29, 1.82) is 0 Å². The van der Waals surface area contributed by atoms with Crippen LogP contribution >= 0.6 is 11.8 Å². The third-order valence-corrected chi connectivity index (χ3v) is 3.45. The highest BCUT2D eigenvalue weighted by molar-refractivity contribution is 7.99. The van der Waals surface area contributed by atoms with Crippen LogP contribution in [0.2, 0.25) is 0 Å². The zero-order chi connectivity index (χ0) is 12.8. The number of carbonyl (C=O) groups is 1. The van der Waals surface area contributed by atoms with E-state index >= 15 is 0 Å². The van der Waals surface area contributed by atoms with Gasteiger partial charge in [0.15, 0.2) is 0 Å². The van der Waals surface area contributed by atoms with Gasteiger partial charge in [0.05, 0.1) is 0 Å². The Bertz CT molecular complexity index is 398. The van der Waals surface area contributed by atoms with Crippen molar-refractivity contribution in [2.75, 3.05) is 12.8 Å². The van der Waals surface area contributed by atoms with Gasteiger partial charge < -0.3 is 11.1 Å². The highest BCUT2D eigenvalue weighted by atomic mass is 32.2. The van der Waals surface area contributed by atoms with E-state index in [0.717, 1.165) is 6.54 Å². The van der Waals surface area contributed by atoms with Gasteiger partial charge >= 0.3 is 0 Å². The average Bonchev–Trinajstić information content (AvgIpc) is 2.30. The van der Waals surface area contributed by atoms with Crippen LogP contribution in [0.3, 0.4) is 0 Å². The van der Waals surface area contributed by atoms with Crippen LogP contribution in [-0.4, -0.2) is 24.0 Å². The molecule has 0 aliphatic heterocycles. The largest absolute Gasteiger partial charge is 0.366 e. The molecule has 0 fully saturated rings. The first kappa shape index (κ1) is 14.0. The second-order valence-corrected chi connectivity index (χ2v) is 5.12. The SMILES string of the molecule is CSC(C)CNCc1cc(C(N)=O)ccc1F. The highest BCUT2D eigenvalue weighted by Gasteiger charge is 2.07. The van der Waals surface area contributed by atoms with Gasteiger partial charge in [0.25, 0.3) is 0 Å². The summed E-state index contributed by atoms with van der Waals surface area (Å²) in [5.41, 5.74) is 5.95. The minimum absolute atomic E-state index is 0.320. The molecule has 0 saturated heterocycles. The summed E-state index contributed by atoms with van der Waals surface area (Å²) >= 11 is 1.74. The molecule has 0 heterocycles.